The number of hydrogen-bond acceptors (Lipinski definition) is 4. The second kappa shape index (κ2) is 7.12. The zero-order chi connectivity index (χ0) is 16.2. The van der Waals surface area contributed by atoms with Crippen LogP contribution in [0.5, 0.6) is 0 Å². The Morgan fingerprint density at radius 2 is 1.91 bits per heavy atom. The Balaban J connectivity index is 1.41. The molecule has 2 fully saturated rings. The fourth-order valence-electron chi connectivity index (χ4n) is 3.29. The number of likely N-dealkylation sites (tertiary alicyclic amines) is 2. The van der Waals surface area contributed by atoms with Gasteiger partial charge < -0.3 is 10.2 Å². The van der Waals surface area contributed by atoms with E-state index in [-0.39, 0.29) is 17.9 Å². The maximum Gasteiger partial charge on any atom is 0.271 e. The molecule has 7 heteroatoms. The molecule has 0 saturated carbocycles. The van der Waals surface area contributed by atoms with E-state index in [2.05, 4.69) is 15.3 Å². The lowest BCUT2D eigenvalue weighted by Gasteiger charge is -2.32. The van der Waals surface area contributed by atoms with E-state index in [1.165, 1.54) is 0 Å². The van der Waals surface area contributed by atoms with Crippen molar-refractivity contribution in [3.63, 3.8) is 0 Å². The summed E-state index contributed by atoms with van der Waals surface area (Å²) in [6, 6.07) is 1.89. The van der Waals surface area contributed by atoms with E-state index in [1.54, 1.807) is 24.0 Å². The van der Waals surface area contributed by atoms with E-state index in [9.17, 15) is 9.59 Å². The van der Waals surface area contributed by atoms with Gasteiger partial charge in [0.15, 0.2) is 0 Å². The van der Waals surface area contributed by atoms with Gasteiger partial charge in [-0.2, -0.15) is 5.10 Å². The predicted molar refractivity (Wildman–Crippen MR) is 86.0 cm³/mol. The third-order valence-electron chi connectivity index (χ3n) is 4.69. The third-order valence-corrected chi connectivity index (χ3v) is 4.69. The lowest BCUT2D eigenvalue weighted by Crippen LogP contribution is -2.47. The first-order chi connectivity index (χ1) is 11.1. The average Bonchev–Trinajstić information content (AvgIpc) is 3.20. The van der Waals surface area contributed by atoms with Crippen molar-refractivity contribution in [2.24, 2.45) is 7.05 Å². The van der Waals surface area contributed by atoms with Crippen LogP contribution >= 0.6 is 0 Å². The topological polar surface area (TPSA) is 70.5 Å². The molecule has 0 bridgehead atoms. The number of amides is 2. The van der Waals surface area contributed by atoms with Crippen molar-refractivity contribution in [3.8, 4) is 0 Å². The quantitative estimate of drug-likeness (QED) is 0.863. The first kappa shape index (κ1) is 16.0. The van der Waals surface area contributed by atoms with Crippen molar-refractivity contribution in [3.05, 3.63) is 18.0 Å². The fourth-order valence-corrected chi connectivity index (χ4v) is 3.29. The van der Waals surface area contributed by atoms with Crippen molar-refractivity contribution in [1.82, 2.24) is 24.9 Å². The number of hydrogen-bond donors (Lipinski definition) is 1. The molecule has 2 aliphatic heterocycles. The van der Waals surface area contributed by atoms with E-state index in [0.29, 0.717) is 12.2 Å². The summed E-state index contributed by atoms with van der Waals surface area (Å²) in [5, 5.41) is 7.16. The molecule has 126 valence electrons. The Morgan fingerprint density at radius 3 is 2.52 bits per heavy atom. The molecule has 3 heterocycles. The van der Waals surface area contributed by atoms with Crippen LogP contribution in [0.25, 0.3) is 0 Å². The van der Waals surface area contributed by atoms with E-state index < -0.39 is 0 Å². The lowest BCUT2D eigenvalue weighted by molar-refractivity contribution is -0.131. The summed E-state index contributed by atoms with van der Waals surface area (Å²) in [7, 11) is 1.80. The van der Waals surface area contributed by atoms with Gasteiger partial charge in [-0.25, -0.2) is 0 Å². The summed E-state index contributed by atoms with van der Waals surface area (Å²) in [6.07, 6.45) is 5.79. The first-order valence-corrected chi connectivity index (χ1v) is 8.42. The summed E-state index contributed by atoms with van der Waals surface area (Å²) < 4.78 is 1.63. The molecule has 7 nitrogen and oxygen atoms in total. The van der Waals surface area contributed by atoms with Gasteiger partial charge in [0.1, 0.15) is 5.69 Å². The fraction of sp³-hybridized carbons (Fsp3) is 0.688. The predicted octanol–water partition coefficient (Wildman–Crippen LogP) is 0.237. The van der Waals surface area contributed by atoms with Crippen LogP contribution in [-0.2, 0) is 11.8 Å². The Kier molecular flexibility index (Phi) is 4.95. The normalized spacial score (nSPS) is 20.0. The molecular weight excluding hydrogens is 294 g/mol. The van der Waals surface area contributed by atoms with Crippen LogP contribution in [0.2, 0.25) is 0 Å². The van der Waals surface area contributed by atoms with Crippen LogP contribution < -0.4 is 5.32 Å². The highest BCUT2D eigenvalue weighted by molar-refractivity contribution is 5.92. The van der Waals surface area contributed by atoms with E-state index in [4.69, 9.17) is 0 Å². The molecule has 1 aromatic heterocycles. The van der Waals surface area contributed by atoms with Gasteiger partial charge in [0.2, 0.25) is 5.91 Å². The maximum absolute atomic E-state index is 12.2. The van der Waals surface area contributed by atoms with Crippen LogP contribution in [-0.4, -0.2) is 70.2 Å². The lowest BCUT2D eigenvalue weighted by atomic mass is 10.0. The molecule has 2 saturated heterocycles. The number of aromatic nitrogens is 2. The van der Waals surface area contributed by atoms with Crippen LogP contribution in [0, 0.1) is 0 Å². The van der Waals surface area contributed by atoms with E-state index >= 15 is 0 Å². The molecule has 0 spiro atoms. The highest BCUT2D eigenvalue weighted by Crippen LogP contribution is 2.13. The SMILES string of the molecule is Cn1ccc(C(=O)NC2CCN(CC(=O)N3CCCC3)CC2)n1. The second-order valence-corrected chi connectivity index (χ2v) is 6.49. The van der Waals surface area contributed by atoms with E-state index in [1.807, 2.05) is 4.90 Å². The molecule has 0 aromatic carbocycles. The zero-order valence-electron chi connectivity index (χ0n) is 13.7. The van der Waals surface area contributed by atoms with Gasteiger partial charge in [-0.1, -0.05) is 0 Å². The molecule has 0 radical (unpaired) electrons. The molecular formula is C16H25N5O2. The van der Waals surface area contributed by atoms with Crippen LogP contribution in [0.4, 0.5) is 0 Å². The summed E-state index contributed by atoms with van der Waals surface area (Å²) >= 11 is 0. The number of rotatable bonds is 4. The van der Waals surface area contributed by atoms with Gasteiger partial charge in [0.25, 0.3) is 5.91 Å². The van der Waals surface area contributed by atoms with Crippen molar-refractivity contribution >= 4 is 11.8 Å². The molecule has 3 rings (SSSR count). The third kappa shape index (κ3) is 4.10. The van der Waals surface area contributed by atoms with Gasteiger partial charge in [0, 0.05) is 45.5 Å². The first-order valence-electron chi connectivity index (χ1n) is 8.42. The summed E-state index contributed by atoms with van der Waals surface area (Å²) in [4.78, 5) is 28.4. The highest BCUT2D eigenvalue weighted by Gasteiger charge is 2.25. The van der Waals surface area contributed by atoms with E-state index in [0.717, 1.165) is 51.9 Å². The van der Waals surface area contributed by atoms with Crippen molar-refractivity contribution in [2.75, 3.05) is 32.7 Å². The number of piperidine rings is 1. The van der Waals surface area contributed by atoms with Gasteiger partial charge in [-0.3, -0.25) is 19.2 Å². The molecule has 2 amide bonds. The smallest absolute Gasteiger partial charge is 0.271 e. The second-order valence-electron chi connectivity index (χ2n) is 6.49. The van der Waals surface area contributed by atoms with Crippen LogP contribution in [0.3, 0.4) is 0 Å². The molecule has 23 heavy (non-hydrogen) atoms. The van der Waals surface area contributed by atoms with Crippen LogP contribution in [0.15, 0.2) is 12.3 Å². The standard InChI is InChI=1S/C16H25N5O2/c1-19-9-6-14(18-19)16(23)17-13-4-10-20(11-5-13)12-15(22)21-7-2-3-8-21/h6,9,13H,2-5,7-8,10-12H2,1H3,(H,17,23). The van der Waals surface area contributed by atoms with Crippen molar-refractivity contribution < 1.29 is 9.59 Å². The molecule has 0 unspecified atom stereocenters. The molecule has 0 atom stereocenters. The Hall–Kier alpha value is -1.89. The summed E-state index contributed by atoms with van der Waals surface area (Å²) in [5.74, 6) is 0.135. The van der Waals surface area contributed by atoms with Gasteiger partial charge in [-0.05, 0) is 31.7 Å². The number of aryl methyl sites for hydroxylation is 1. The van der Waals surface area contributed by atoms with Crippen molar-refractivity contribution in [1.29, 1.82) is 0 Å². The monoisotopic (exact) mass is 319 g/mol. The number of carbonyl (C=O) groups is 2. The average molecular weight is 319 g/mol. The minimum atomic E-state index is -0.114. The minimum Gasteiger partial charge on any atom is -0.348 e. The number of nitrogens with zero attached hydrogens (tertiary/aromatic N) is 4. The van der Waals surface area contributed by atoms with Gasteiger partial charge >= 0.3 is 0 Å². The zero-order valence-corrected chi connectivity index (χ0v) is 13.7. The largest absolute Gasteiger partial charge is 0.348 e. The minimum absolute atomic E-state index is 0.114. The molecule has 2 aliphatic rings. The Morgan fingerprint density at radius 1 is 1.22 bits per heavy atom. The number of carbonyl (C=O) groups excluding carboxylic acids is 2. The summed E-state index contributed by atoms with van der Waals surface area (Å²) in [6.45, 7) is 4.05. The molecule has 1 N–H and O–H groups in total. The number of nitrogens with one attached hydrogen (secondary N) is 1. The summed E-state index contributed by atoms with van der Waals surface area (Å²) in [5.41, 5.74) is 0.458. The highest BCUT2D eigenvalue weighted by atomic mass is 16.2. The van der Waals surface area contributed by atoms with Gasteiger partial charge in [-0.15, -0.1) is 0 Å². The van der Waals surface area contributed by atoms with Crippen molar-refractivity contribution in [2.45, 2.75) is 31.7 Å². The molecule has 1 aromatic rings. The Labute approximate surface area is 136 Å². The maximum atomic E-state index is 12.2. The molecule has 0 aliphatic carbocycles. The van der Waals surface area contributed by atoms with Gasteiger partial charge in [0.05, 0.1) is 6.54 Å². The van der Waals surface area contributed by atoms with Crippen LogP contribution in [0.1, 0.15) is 36.2 Å². The Bertz CT molecular complexity index is 557.